The van der Waals surface area contributed by atoms with Gasteiger partial charge in [-0.25, -0.2) is 4.79 Å². The normalized spacial score (nSPS) is 19.3. The van der Waals surface area contributed by atoms with E-state index in [1.54, 1.807) is 24.3 Å². The van der Waals surface area contributed by atoms with Gasteiger partial charge in [-0.1, -0.05) is 0 Å². The molecule has 92 valence electrons. The molecular formula is C12H15NO4. The third-order valence-electron chi connectivity index (χ3n) is 2.54. The third kappa shape index (κ3) is 2.50. The number of carbonyl (C=O) groups excluding carboxylic acids is 1. The Labute approximate surface area is 99.6 Å². The van der Waals surface area contributed by atoms with Crippen molar-refractivity contribution < 1.29 is 19.4 Å². The Balaban J connectivity index is 2.09. The van der Waals surface area contributed by atoms with E-state index in [1.807, 2.05) is 6.92 Å². The lowest BCUT2D eigenvalue weighted by Crippen LogP contribution is -2.25. The van der Waals surface area contributed by atoms with Gasteiger partial charge in [0.25, 0.3) is 0 Å². The molecule has 1 aromatic carbocycles. The molecule has 1 heterocycles. The zero-order chi connectivity index (χ0) is 12.3. The van der Waals surface area contributed by atoms with E-state index in [9.17, 15) is 4.79 Å². The molecule has 1 atom stereocenters. The standard InChI is InChI=1S/C12H15NO4/c1-2-16-10-5-3-9(4-6-10)13-7-11(8-14)17-12(13)15/h3-6,11,14H,2,7-8H2,1H3/t11-/m1/s1. The summed E-state index contributed by atoms with van der Waals surface area (Å²) in [6, 6.07) is 7.20. The van der Waals surface area contributed by atoms with Crippen molar-refractivity contribution in [2.45, 2.75) is 13.0 Å². The maximum absolute atomic E-state index is 11.5. The highest BCUT2D eigenvalue weighted by Crippen LogP contribution is 2.24. The Morgan fingerprint density at radius 2 is 2.18 bits per heavy atom. The first-order valence-electron chi connectivity index (χ1n) is 5.56. The number of aliphatic hydroxyl groups is 1. The van der Waals surface area contributed by atoms with E-state index >= 15 is 0 Å². The molecule has 1 aliphatic rings. The second-order valence-electron chi connectivity index (χ2n) is 3.73. The Kier molecular flexibility index (Phi) is 3.49. The molecule has 0 radical (unpaired) electrons. The molecular weight excluding hydrogens is 222 g/mol. The fourth-order valence-electron chi connectivity index (χ4n) is 1.72. The molecule has 1 aromatic rings. The van der Waals surface area contributed by atoms with E-state index < -0.39 is 12.2 Å². The van der Waals surface area contributed by atoms with Gasteiger partial charge in [0.2, 0.25) is 0 Å². The monoisotopic (exact) mass is 237 g/mol. The predicted molar refractivity (Wildman–Crippen MR) is 62.3 cm³/mol. The van der Waals surface area contributed by atoms with E-state index in [1.165, 1.54) is 4.90 Å². The highest BCUT2D eigenvalue weighted by atomic mass is 16.6. The molecule has 5 heteroatoms. The van der Waals surface area contributed by atoms with Crippen molar-refractivity contribution in [3.63, 3.8) is 0 Å². The van der Waals surface area contributed by atoms with Crippen molar-refractivity contribution in [3.05, 3.63) is 24.3 Å². The van der Waals surface area contributed by atoms with Crippen LogP contribution in [0, 0.1) is 0 Å². The van der Waals surface area contributed by atoms with Gasteiger partial charge < -0.3 is 14.6 Å². The summed E-state index contributed by atoms with van der Waals surface area (Å²) in [7, 11) is 0. The van der Waals surface area contributed by atoms with Gasteiger partial charge in [-0.2, -0.15) is 0 Å². The molecule has 0 bridgehead atoms. The Bertz CT molecular complexity index is 390. The summed E-state index contributed by atoms with van der Waals surface area (Å²) in [6.07, 6.45) is -0.859. The van der Waals surface area contributed by atoms with Crippen molar-refractivity contribution in [3.8, 4) is 5.75 Å². The van der Waals surface area contributed by atoms with Crippen LogP contribution in [0.25, 0.3) is 0 Å². The van der Waals surface area contributed by atoms with Crippen molar-refractivity contribution in [1.29, 1.82) is 0 Å². The molecule has 0 aromatic heterocycles. The maximum Gasteiger partial charge on any atom is 0.414 e. The maximum atomic E-state index is 11.5. The van der Waals surface area contributed by atoms with Gasteiger partial charge in [0.05, 0.1) is 19.8 Å². The van der Waals surface area contributed by atoms with Crippen LogP contribution in [0.2, 0.25) is 0 Å². The van der Waals surface area contributed by atoms with E-state index in [4.69, 9.17) is 14.6 Å². The van der Waals surface area contributed by atoms with Gasteiger partial charge in [0.1, 0.15) is 11.9 Å². The number of benzene rings is 1. The first-order valence-corrected chi connectivity index (χ1v) is 5.56. The number of amides is 1. The minimum Gasteiger partial charge on any atom is -0.494 e. The van der Waals surface area contributed by atoms with E-state index in [0.717, 1.165) is 11.4 Å². The van der Waals surface area contributed by atoms with Crippen LogP contribution in [0.5, 0.6) is 5.75 Å². The molecule has 2 rings (SSSR count). The minimum atomic E-state index is -0.436. The largest absolute Gasteiger partial charge is 0.494 e. The number of hydrogen-bond acceptors (Lipinski definition) is 4. The van der Waals surface area contributed by atoms with E-state index in [0.29, 0.717) is 13.2 Å². The highest BCUT2D eigenvalue weighted by Gasteiger charge is 2.31. The minimum absolute atomic E-state index is 0.154. The van der Waals surface area contributed by atoms with Crippen LogP contribution in [0.3, 0.4) is 0 Å². The third-order valence-corrected chi connectivity index (χ3v) is 2.54. The number of aliphatic hydroxyl groups excluding tert-OH is 1. The molecule has 0 spiro atoms. The first-order chi connectivity index (χ1) is 8.24. The van der Waals surface area contributed by atoms with E-state index in [2.05, 4.69) is 0 Å². The van der Waals surface area contributed by atoms with Crippen LogP contribution < -0.4 is 9.64 Å². The summed E-state index contributed by atoms with van der Waals surface area (Å²) in [4.78, 5) is 13.0. The summed E-state index contributed by atoms with van der Waals surface area (Å²) in [5.74, 6) is 0.766. The average molecular weight is 237 g/mol. The molecule has 5 nitrogen and oxygen atoms in total. The van der Waals surface area contributed by atoms with Crippen molar-refractivity contribution >= 4 is 11.8 Å². The molecule has 1 N–H and O–H groups in total. The number of rotatable bonds is 4. The lowest BCUT2D eigenvalue weighted by atomic mass is 10.2. The van der Waals surface area contributed by atoms with Crippen LogP contribution in [0.4, 0.5) is 10.5 Å². The van der Waals surface area contributed by atoms with Crippen LogP contribution in [-0.2, 0) is 4.74 Å². The highest BCUT2D eigenvalue weighted by molar-refractivity contribution is 5.89. The summed E-state index contributed by atoms with van der Waals surface area (Å²) in [5, 5.41) is 8.94. The van der Waals surface area contributed by atoms with Crippen LogP contribution in [0.1, 0.15) is 6.92 Å². The van der Waals surface area contributed by atoms with Gasteiger partial charge >= 0.3 is 6.09 Å². The number of cyclic esters (lactones) is 1. The quantitative estimate of drug-likeness (QED) is 0.860. The number of hydrogen-bond donors (Lipinski definition) is 1. The lowest BCUT2D eigenvalue weighted by molar-refractivity contribution is 0.0963. The summed E-state index contributed by atoms with van der Waals surface area (Å²) in [5.41, 5.74) is 0.745. The molecule has 1 fully saturated rings. The number of anilines is 1. The van der Waals surface area contributed by atoms with Crippen LogP contribution >= 0.6 is 0 Å². The SMILES string of the molecule is CCOc1ccc(N2C[C@H](CO)OC2=O)cc1. The zero-order valence-corrected chi connectivity index (χ0v) is 9.63. The van der Waals surface area contributed by atoms with Crippen molar-refractivity contribution in [2.24, 2.45) is 0 Å². The van der Waals surface area contributed by atoms with Crippen LogP contribution in [0.15, 0.2) is 24.3 Å². The number of carbonyl (C=O) groups is 1. The van der Waals surface area contributed by atoms with E-state index in [-0.39, 0.29) is 6.61 Å². The van der Waals surface area contributed by atoms with Gasteiger partial charge in [-0.15, -0.1) is 0 Å². The topological polar surface area (TPSA) is 59.0 Å². The molecule has 1 aliphatic heterocycles. The van der Waals surface area contributed by atoms with Crippen molar-refractivity contribution in [1.82, 2.24) is 0 Å². The molecule has 1 saturated heterocycles. The average Bonchev–Trinajstić information content (AvgIpc) is 2.72. The van der Waals surface area contributed by atoms with Gasteiger partial charge in [0.15, 0.2) is 0 Å². The molecule has 0 saturated carbocycles. The molecule has 1 amide bonds. The summed E-state index contributed by atoms with van der Waals surface area (Å²) >= 11 is 0. The van der Waals surface area contributed by atoms with Gasteiger partial charge in [-0.3, -0.25) is 4.90 Å². The smallest absolute Gasteiger partial charge is 0.414 e. The van der Waals surface area contributed by atoms with Crippen molar-refractivity contribution in [2.75, 3.05) is 24.7 Å². The fourth-order valence-corrected chi connectivity index (χ4v) is 1.72. The predicted octanol–water partition coefficient (Wildman–Crippen LogP) is 1.40. The Morgan fingerprint density at radius 1 is 1.47 bits per heavy atom. The second-order valence-corrected chi connectivity index (χ2v) is 3.73. The number of ether oxygens (including phenoxy) is 2. The molecule has 17 heavy (non-hydrogen) atoms. The Morgan fingerprint density at radius 3 is 2.71 bits per heavy atom. The number of nitrogens with zero attached hydrogens (tertiary/aromatic N) is 1. The summed E-state index contributed by atoms with van der Waals surface area (Å²) < 4.78 is 10.3. The van der Waals surface area contributed by atoms with Gasteiger partial charge in [-0.05, 0) is 31.2 Å². The summed E-state index contributed by atoms with van der Waals surface area (Å²) in [6.45, 7) is 2.75. The molecule has 0 unspecified atom stereocenters. The zero-order valence-electron chi connectivity index (χ0n) is 9.63. The molecule has 0 aliphatic carbocycles. The van der Waals surface area contributed by atoms with Crippen LogP contribution in [-0.4, -0.2) is 37.1 Å². The second kappa shape index (κ2) is 5.05. The fraction of sp³-hybridized carbons (Fsp3) is 0.417. The lowest BCUT2D eigenvalue weighted by Gasteiger charge is -2.13. The Hall–Kier alpha value is -1.75. The van der Waals surface area contributed by atoms with Gasteiger partial charge in [0, 0.05) is 5.69 Å². The first kappa shape index (κ1) is 11.7.